The van der Waals surface area contributed by atoms with E-state index >= 15 is 0 Å². The van der Waals surface area contributed by atoms with Crippen LogP contribution in [0.2, 0.25) is 0 Å². The Kier molecular flexibility index (Phi) is 3.46. The van der Waals surface area contributed by atoms with Crippen LogP contribution < -0.4 is 10.2 Å². The van der Waals surface area contributed by atoms with E-state index in [0.29, 0.717) is 29.6 Å². The van der Waals surface area contributed by atoms with Gasteiger partial charge in [-0.05, 0) is 25.5 Å². The van der Waals surface area contributed by atoms with E-state index in [1.807, 2.05) is 13.8 Å². The Balaban J connectivity index is 2.62. The van der Waals surface area contributed by atoms with Crippen molar-refractivity contribution in [3.8, 4) is 5.75 Å². The quantitative estimate of drug-likeness (QED) is 0.778. The summed E-state index contributed by atoms with van der Waals surface area (Å²) in [4.78, 5) is 22.6. The minimum atomic E-state index is -0.309. The molecule has 0 amide bonds. The van der Waals surface area contributed by atoms with E-state index in [0.717, 1.165) is 12.0 Å². The second-order valence-electron chi connectivity index (χ2n) is 4.05. The maximum absolute atomic E-state index is 11.9. The predicted octanol–water partition coefficient (Wildman–Crippen LogP) is 2.70. The van der Waals surface area contributed by atoms with E-state index in [1.54, 1.807) is 12.1 Å². The first-order valence-corrected chi connectivity index (χ1v) is 5.82. The Morgan fingerprint density at radius 3 is 2.83 bits per heavy atom. The Labute approximate surface area is 104 Å². The van der Waals surface area contributed by atoms with Crippen LogP contribution in [0.5, 0.6) is 5.75 Å². The van der Waals surface area contributed by atoms with Gasteiger partial charge in [0.1, 0.15) is 17.6 Å². The van der Waals surface area contributed by atoms with E-state index in [2.05, 4.69) is 0 Å². The molecule has 0 aliphatic heterocycles. The monoisotopic (exact) mass is 246 g/mol. The largest absolute Gasteiger partial charge is 0.493 e. The maximum Gasteiger partial charge on any atom is 0.203 e. The van der Waals surface area contributed by atoms with Crippen LogP contribution in [0, 0.1) is 6.92 Å². The summed E-state index contributed by atoms with van der Waals surface area (Å²) in [5.41, 5.74) is 0.968. The molecule has 0 spiro atoms. The van der Waals surface area contributed by atoms with Gasteiger partial charge in [0.25, 0.3) is 0 Å². The molecule has 0 radical (unpaired) electrons. The second kappa shape index (κ2) is 5.04. The molecule has 18 heavy (non-hydrogen) atoms. The zero-order valence-corrected chi connectivity index (χ0v) is 10.4. The minimum absolute atomic E-state index is 0.0316. The van der Waals surface area contributed by atoms with Crippen molar-refractivity contribution in [3.05, 3.63) is 39.7 Å². The highest BCUT2D eigenvalue weighted by atomic mass is 16.5. The summed E-state index contributed by atoms with van der Waals surface area (Å²) in [6.07, 6.45) is 2.60. The topological polar surface area (TPSA) is 56.5 Å². The van der Waals surface area contributed by atoms with Gasteiger partial charge < -0.3 is 9.15 Å². The zero-order valence-electron chi connectivity index (χ0n) is 10.4. The van der Waals surface area contributed by atoms with Crippen molar-refractivity contribution in [2.24, 2.45) is 0 Å². The fraction of sp³-hybridized carbons (Fsp3) is 0.286. The Bertz CT molecular complexity index is 640. The van der Waals surface area contributed by atoms with Gasteiger partial charge in [0, 0.05) is 5.56 Å². The number of carbonyl (C=O) groups excluding carboxylic acids is 1. The molecule has 0 fully saturated rings. The molecular formula is C14H14O4. The van der Waals surface area contributed by atoms with E-state index in [9.17, 15) is 9.59 Å². The first kappa shape index (κ1) is 12.4. The van der Waals surface area contributed by atoms with Crippen LogP contribution in [0.1, 0.15) is 29.3 Å². The van der Waals surface area contributed by atoms with Crippen molar-refractivity contribution in [1.29, 1.82) is 0 Å². The third-order valence-corrected chi connectivity index (χ3v) is 2.76. The number of hydrogen-bond donors (Lipinski definition) is 0. The molecule has 2 aromatic rings. The fourth-order valence-electron chi connectivity index (χ4n) is 1.79. The smallest absolute Gasteiger partial charge is 0.203 e. The van der Waals surface area contributed by atoms with Crippen LogP contribution in [0.3, 0.4) is 0 Å². The lowest BCUT2D eigenvalue weighted by Crippen LogP contribution is -2.08. The normalized spacial score (nSPS) is 10.6. The van der Waals surface area contributed by atoms with Gasteiger partial charge in [0.05, 0.1) is 17.6 Å². The summed E-state index contributed by atoms with van der Waals surface area (Å²) < 4.78 is 10.9. The molecule has 4 heteroatoms. The highest BCUT2D eigenvalue weighted by molar-refractivity contribution is 5.86. The number of aryl methyl sites for hydroxylation is 1. The van der Waals surface area contributed by atoms with Crippen molar-refractivity contribution in [3.63, 3.8) is 0 Å². The first-order valence-electron chi connectivity index (χ1n) is 5.82. The zero-order chi connectivity index (χ0) is 13.1. The van der Waals surface area contributed by atoms with E-state index in [4.69, 9.17) is 9.15 Å². The number of fused-ring (bicyclic) bond motifs is 1. The molecule has 0 aliphatic rings. The second-order valence-corrected chi connectivity index (χ2v) is 4.05. The number of ether oxygens (including phenoxy) is 1. The molecule has 4 nitrogen and oxygen atoms in total. The SMILES string of the molecule is CCCOc1ccc2c(=O)c(C=O)coc2c1C. The first-order chi connectivity index (χ1) is 8.69. The highest BCUT2D eigenvalue weighted by Crippen LogP contribution is 2.25. The van der Waals surface area contributed by atoms with E-state index < -0.39 is 0 Å². The van der Waals surface area contributed by atoms with Gasteiger partial charge in [-0.2, -0.15) is 0 Å². The van der Waals surface area contributed by atoms with Gasteiger partial charge in [-0.15, -0.1) is 0 Å². The Morgan fingerprint density at radius 2 is 2.17 bits per heavy atom. The molecule has 0 saturated heterocycles. The van der Waals surface area contributed by atoms with E-state index in [-0.39, 0.29) is 11.0 Å². The lowest BCUT2D eigenvalue weighted by molar-refractivity contribution is 0.112. The lowest BCUT2D eigenvalue weighted by atomic mass is 10.1. The summed E-state index contributed by atoms with van der Waals surface area (Å²) in [5.74, 6) is 0.700. The maximum atomic E-state index is 11.9. The van der Waals surface area contributed by atoms with Crippen LogP contribution in [-0.2, 0) is 0 Å². The molecule has 1 aromatic carbocycles. The van der Waals surface area contributed by atoms with Crippen LogP contribution in [0.15, 0.2) is 27.6 Å². The van der Waals surface area contributed by atoms with Crippen LogP contribution in [0.25, 0.3) is 11.0 Å². The molecule has 1 heterocycles. The van der Waals surface area contributed by atoms with Crippen LogP contribution in [-0.4, -0.2) is 12.9 Å². The summed E-state index contributed by atoms with van der Waals surface area (Å²) in [5, 5.41) is 0.404. The molecule has 94 valence electrons. The fourth-order valence-corrected chi connectivity index (χ4v) is 1.79. The van der Waals surface area contributed by atoms with Crippen LogP contribution >= 0.6 is 0 Å². The van der Waals surface area contributed by atoms with Gasteiger partial charge >= 0.3 is 0 Å². The highest BCUT2D eigenvalue weighted by Gasteiger charge is 2.11. The third kappa shape index (κ3) is 2.01. The molecular weight excluding hydrogens is 232 g/mol. The van der Waals surface area contributed by atoms with Gasteiger partial charge in [0.15, 0.2) is 6.29 Å². The standard InChI is InChI=1S/C14H14O4/c1-3-6-17-12-5-4-11-13(16)10(7-15)8-18-14(11)9(12)2/h4-5,7-8H,3,6H2,1-2H3. The van der Waals surface area contributed by atoms with Gasteiger partial charge in [0.2, 0.25) is 5.43 Å². The summed E-state index contributed by atoms with van der Waals surface area (Å²) in [7, 11) is 0. The van der Waals surface area contributed by atoms with Crippen molar-refractivity contribution < 1.29 is 13.9 Å². The number of rotatable bonds is 4. The van der Waals surface area contributed by atoms with E-state index in [1.165, 1.54) is 6.26 Å². The van der Waals surface area contributed by atoms with Crippen LogP contribution in [0.4, 0.5) is 0 Å². The molecule has 0 aliphatic carbocycles. The molecule has 1 aromatic heterocycles. The number of hydrogen-bond acceptors (Lipinski definition) is 4. The average molecular weight is 246 g/mol. The molecule has 0 atom stereocenters. The van der Waals surface area contributed by atoms with Gasteiger partial charge in [-0.25, -0.2) is 0 Å². The molecule has 0 unspecified atom stereocenters. The molecule has 0 saturated carbocycles. The summed E-state index contributed by atoms with van der Waals surface area (Å²) in [6.45, 7) is 4.46. The minimum Gasteiger partial charge on any atom is -0.493 e. The van der Waals surface area contributed by atoms with Gasteiger partial charge in [-0.3, -0.25) is 9.59 Å². The lowest BCUT2D eigenvalue weighted by Gasteiger charge is -2.09. The number of carbonyl (C=O) groups is 1. The summed E-state index contributed by atoms with van der Waals surface area (Å²) in [6, 6.07) is 3.37. The van der Waals surface area contributed by atoms with Crippen molar-refractivity contribution in [2.45, 2.75) is 20.3 Å². The Morgan fingerprint density at radius 1 is 1.39 bits per heavy atom. The molecule has 0 N–H and O–H groups in total. The molecule has 2 rings (SSSR count). The van der Waals surface area contributed by atoms with Gasteiger partial charge in [-0.1, -0.05) is 6.92 Å². The van der Waals surface area contributed by atoms with Crippen molar-refractivity contribution in [2.75, 3.05) is 6.61 Å². The molecule has 0 bridgehead atoms. The third-order valence-electron chi connectivity index (χ3n) is 2.76. The van der Waals surface area contributed by atoms with Crippen molar-refractivity contribution >= 4 is 17.3 Å². The predicted molar refractivity (Wildman–Crippen MR) is 68.4 cm³/mol. The summed E-state index contributed by atoms with van der Waals surface area (Å²) >= 11 is 0. The number of benzene rings is 1. The average Bonchev–Trinajstić information content (AvgIpc) is 2.39. The Hall–Kier alpha value is -2.10. The van der Waals surface area contributed by atoms with Crippen molar-refractivity contribution in [1.82, 2.24) is 0 Å². The number of aldehydes is 1.